The number of nitrogen functional groups attached to an aromatic ring is 1. The molecule has 118 valence electrons. The number of fused-ring (bicyclic) bond motifs is 1. The number of halogens is 2. The van der Waals surface area contributed by atoms with Gasteiger partial charge in [-0.3, -0.25) is 4.57 Å². The molecular weight excluding hydrogens is 306 g/mol. The molecule has 0 amide bonds. The van der Waals surface area contributed by atoms with Crippen LogP contribution in [0.15, 0.2) is 16.1 Å². The zero-order chi connectivity index (χ0) is 16.3. The van der Waals surface area contributed by atoms with Crippen LogP contribution in [0.2, 0.25) is 0 Å². The first kappa shape index (κ1) is 14.7. The molecule has 2 heterocycles. The van der Waals surface area contributed by atoms with Gasteiger partial charge in [-0.05, 0) is 5.53 Å². The average Bonchev–Trinajstić information content (AvgIpc) is 2.89. The molecule has 0 bridgehead atoms. The van der Waals surface area contributed by atoms with Gasteiger partial charge in [0, 0.05) is 4.91 Å². The van der Waals surface area contributed by atoms with Crippen LogP contribution in [0.5, 0.6) is 0 Å². The van der Waals surface area contributed by atoms with E-state index in [2.05, 4.69) is 15.0 Å². The van der Waals surface area contributed by atoms with Crippen LogP contribution in [0.4, 0.5) is 14.6 Å². The molecule has 10 nitrogen and oxygen atoms in total. The minimum atomic E-state index is -2.31. The smallest absolute Gasteiger partial charge is 0.351 e. The number of rotatable bonds is 3. The lowest BCUT2D eigenvalue weighted by atomic mass is 10.1. The van der Waals surface area contributed by atoms with Crippen molar-refractivity contribution in [3.05, 3.63) is 32.9 Å². The van der Waals surface area contributed by atoms with E-state index < -0.39 is 53.6 Å². The summed E-state index contributed by atoms with van der Waals surface area (Å²) in [6.07, 6.45) is -3.40. The van der Waals surface area contributed by atoms with E-state index in [-0.39, 0.29) is 0 Å². The Morgan fingerprint density at radius 1 is 1.68 bits per heavy atom. The minimum absolute atomic E-state index is 0.477. The number of hydrogen-bond donors (Lipinski definition) is 3. The first-order valence-electron chi connectivity index (χ1n) is 6.07. The lowest BCUT2D eigenvalue weighted by Gasteiger charge is -2.22. The summed E-state index contributed by atoms with van der Waals surface area (Å²) in [5.41, 5.74) is 8.22. The molecule has 12 heteroatoms. The maximum absolute atomic E-state index is 14.5. The van der Waals surface area contributed by atoms with Crippen LogP contribution in [0.3, 0.4) is 0 Å². The van der Waals surface area contributed by atoms with Gasteiger partial charge < -0.3 is 20.7 Å². The standard InChI is InChI=1S/C10H10F2N6O4/c11-3-1-18(8(20)15-5(3)13)6-4(12)10(21)7(16-17-14)9(10,2-19)22-6/h1,4,6-7,19,21H,2H2,(H2,13,15,20)/t4-,6+,7?,9-,10+/m0/s1. The van der Waals surface area contributed by atoms with Crippen molar-refractivity contribution in [3.63, 3.8) is 0 Å². The Kier molecular flexibility index (Phi) is 2.91. The molecule has 5 atom stereocenters. The number of nitrogens with zero attached hydrogens (tertiary/aromatic N) is 5. The molecule has 22 heavy (non-hydrogen) atoms. The lowest BCUT2D eigenvalue weighted by Crippen LogP contribution is -2.38. The topological polar surface area (TPSA) is 159 Å². The van der Waals surface area contributed by atoms with Crippen molar-refractivity contribution in [2.75, 3.05) is 12.3 Å². The molecule has 4 N–H and O–H groups in total. The number of azide groups is 1. The van der Waals surface area contributed by atoms with Crippen LogP contribution in [-0.4, -0.2) is 49.8 Å². The highest BCUT2D eigenvalue weighted by atomic mass is 19.1. The summed E-state index contributed by atoms with van der Waals surface area (Å²) < 4.78 is 33.6. The molecule has 1 saturated carbocycles. The second-order valence-electron chi connectivity index (χ2n) is 5.05. The molecule has 1 aromatic heterocycles. The maximum Gasteiger partial charge on any atom is 0.351 e. The monoisotopic (exact) mass is 316 g/mol. The minimum Gasteiger partial charge on any atom is -0.393 e. The number of aliphatic hydroxyl groups is 2. The molecule has 3 rings (SSSR count). The highest BCUT2D eigenvalue weighted by Crippen LogP contribution is 2.64. The van der Waals surface area contributed by atoms with Crippen LogP contribution in [0, 0.1) is 5.82 Å². The molecule has 1 unspecified atom stereocenters. The van der Waals surface area contributed by atoms with Crippen LogP contribution in [-0.2, 0) is 4.74 Å². The quantitative estimate of drug-likeness (QED) is 0.368. The lowest BCUT2D eigenvalue weighted by molar-refractivity contribution is -0.0833. The van der Waals surface area contributed by atoms with E-state index in [0.29, 0.717) is 10.8 Å². The SMILES string of the molecule is [N-]=[N+]=NC1[C@]2(CO)O[C@@H](n3cc(F)c(N)nc3=O)[C@H](F)[C@@]12O. The number of aliphatic hydroxyl groups excluding tert-OH is 1. The highest BCUT2D eigenvalue weighted by Gasteiger charge is 2.87. The molecular formula is C10H10F2N6O4. The predicted octanol–water partition coefficient (Wildman–Crippen LogP) is -1.01. The van der Waals surface area contributed by atoms with Gasteiger partial charge in [0.05, 0.1) is 12.8 Å². The molecule has 1 aromatic rings. The molecule has 0 spiro atoms. The zero-order valence-corrected chi connectivity index (χ0v) is 10.8. The fourth-order valence-corrected chi connectivity index (χ4v) is 2.85. The van der Waals surface area contributed by atoms with E-state index in [0.717, 1.165) is 0 Å². The first-order chi connectivity index (χ1) is 10.3. The molecule has 1 aliphatic carbocycles. The molecule has 2 aliphatic rings. The summed E-state index contributed by atoms with van der Waals surface area (Å²) in [7, 11) is 0. The van der Waals surface area contributed by atoms with Crippen molar-refractivity contribution in [1.29, 1.82) is 0 Å². The molecule has 1 aliphatic heterocycles. The van der Waals surface area contributed by atoms with Crippen LogP contribution in [0.25, 0.3) is 10.4 Å². The average molecular weight is 316 g/mol. The van der Waals surface area contributed by atoms with Crippen molar-refractivity contribution < 1.29 is 23.7 Å². The Bertz CT molecular complexity index is 747. The summed E-state index contributed by atoms with van der Waals surface area (Å²) in [4.78, 5) is 17.3. The third kappa shape index (κ3) is 1.49. The van der Waals surface area contributed by atoms with Gasteiger partial charge in [-0.1, -0.05) is 5.11 Å². The van der Waals surface area contributed by atoms with E-state index in [4.69, 9.17) is 16.0 Å². The number of anilines is 1. The van der Waals surface area contributed by atoms with Crippen molar-refractivity contribution in [2.45, 2.75) is 29.6 Å². The molecule has 0 radical (unpaired) electrons. The van der Waals surface area contributed by atoms with Gasteiger partial charge in [0.1, 0.15) is 17.2 Å². The third-order valence-electron chi connectivity index (χ3n) is 4.07. The highest BCUT2D eigenvalue weighted by molar-refractivity contribution is 5.39. The van der Waals surface area contributed by atoms with Gasteiger partial charge in [0.2, 0.25) is 0 Å². The second kappa shape index (κ2) is 4.36. The predicted molar refractivity (Wildman–Crippen MR) is 65.6 cm³/mol. The van der Waals surface area contributed by atoms with E-state index in [1.165, 1.54) is 0 Å². The van der Waals surface area contributed by atoms with Gasteiger partial charge in [-0.2, -0.15) is 4.98 Å². The fourth-order valence-electron chi connectivity index (χ4n) is 2.85. The summed E-state index contributed by atoms with van der Waals surface area (Å²) in [6, 6.07) is -1.36. The number of nitrogens with two attached hydrogens (primary N) is 1. The Balaban J connectivity index is 2.03. The van der Waals surface area contributed by atoms with E-state index in [1.807, 2.05) is 0 Å². The number of hydrogen-bond acceptors (Lipinski definition) is 7. The van der Waals surface area contributed by atoms with Crippen LogP contribution >= 0.6 is 0 Å². The third-order valence-corrected chi connectivity index (χ3v) is 4.07. The first-order valence-corrected chi connectivity index (χ1v) is 6.07. The summed E-state index contributed by atoms with van der Waals surface area (Å²) in [6.45, 7) is -0.857. The number of aromatic nitrogens is 2. The van der Waals surface area contributed by atoms with Crippen molar-refractivity contribution >= 4 is 5.82 Å². The molecule has 2 fully saturated rings. The zero-order valence-electron chi connectivity index (χ0n) is 10.8. The molecule has 1 saturated heterocycles. The summed E-state index contributed by atoms with van der Waals surface area (Å²) in [5.74, 6) is -1.74. The van der Waals surface area contributed by atoms with Gasteiger partial charge >= 0.3 is 5.69 Å². The summed E-state index contributed by atoms with van der Waals surface area (Å²) in [5, 5.41) is 22.8. The fraction of sp³-hybridized carbons (Fsp3) is 0.600. The largest absolute Gasteiger partial charge is 0.393 e. The van der Waals surface area contributed by atoms with E-state index in [9.17, 15) is 23.8 Å². The molecule has 0 aromatic carbocycles. The number of ether oxygens (including phenoxy) is 1. The van der Waals surface area contributed by atoms with Crippen LogP contribution in [0.1, 0.15) is 6.23 Å². The number of alkyl halides is 1. The van der Waals surface area contributed by atoms with Gasteiger partial charge in [-0.15, -0.1) is 0 Å². The van der Waals surface area contributed by atoms with Crippen molar-refractivity contribution in [1.82, 2.24) is 9.55 Å². The van der Waals surface area contributed by atoms with E-state index in [1.54, 1.807) is 0 Å². The summed E-state index contributed by atoms with van der Waals surface area (Å²) >= 11 is 0. The van der Waals surface area contributed by atoms with Gasteiger partial charge in [-0.25, -0.2) is 13.6 Å². The van der Waals surface area contributed by atoms with Crippen LogP contribution < -0.4 is 11.4 Å². The van der Waals surface area contributed by atoms with Crippen molar-refractivity contribution in [3.8, 4) is 0 Å². The maximum atomic E-state index is 14.5. The normalized spacial score (nSPS) is 39.2. The van der Waals surface area contributed by atoms with Gasteiger partial charge in [0.15, 0.2) is 24.0 Å². The van der Waals surface area contributed by atoms with E-state index >= 15 is 0 Å². The van der Waals surface area contributed by atoms with Crippen molar-refractivity contribution in [2.24, 2.45) is 5.11 Å². The Hall–Kier alpha value is -2.27. The Morgan fingerprint density at radius 2 is 2.36 bits per heavy atom. The second-order valence-corrected chi connectivity index (χ2v) is 5.05. The van der Waals surface area contributed by atoms with Gasteiger partial charge in [0.25, 0.3) is 0 Å². The Morgan fingerprint density at radius 3 is 2.91 bits per heavy atom. The Labute approximate surface area is 120 Å².